The lowest BCUT2D eigenvalue weighted by Gasteiger charge is -2.39. The van der Waals surface area contributed by atoms with Crippen molar-refractivity contribution in [2.75, 3.05) is 6.61 Å². The molecular weight excluding hydrogens is 592 g/mol. The first kappa shape index (κ1) is 35.0. The van der Waals surface area contributed by atoms with E-state index in [9.17, 15) is 44.8 Å². The van der Waals surface area contributed by atoms with Crippen LogP contribution in [0.25, 0.3) is 0 Å². The summed E-state index contributed by atoms with van der Waals surface area (Å²) in [5.41, 5.74) is 0. The molecule has 0 heterocycles. The Morgan fingerprint density at radius 3 is 1.76 bits per heavy atom. The highest BCUT2D eigenvalue weighted by Gasteiger charge is 2.46. The first-order valence-corrected chi connectivity index (χ1v) is 16.5. The second kappa shape index (κ2) is 15.6. The topological polar surface area (TPSA) is 206 Å². The van der Waals surface area contributed by atoms with E-state index in [2.05, 4.69) is 6.92 Å². The number of nitro groups is 2. The quantitative estimate of drug-likeness (QED) is 0.128. The smallest absolute Gasteiger partial charge is 0.310 e. The third kappa shape index (κ3) is 9.11. The Balaban J connectivity index is 1.19. The summed E-state index contributed by atoms with van der Waals surface area (Å²) in [6.07, 6.45) is 6.58. The van der Waals surface area contributed by atoms with Crippen molar-refractivity contribution in [3.05, 3.63) is 20.2 Å². The van der Waals surface area contributed by atoms with Crippen molar-refractivity contribution in [1.82, 2.24) is 0 Å². The standard InChI is InChI=1S/C31H48N2O12/c1-17-11-19(3-9-27(17)44-31(38)26-15-23(33(41)42)6-8-25(26)30(36)37)13-20-4-10-28(18(2)12-20)45-43-16-21-14-22(32(39)40)5-7-24(21)29(34)35/h17-28H,3-16H2,1-2H3,(H,34,35)(H,36,37). The van der Waals surface area contributed by atoms with Crippen molar-refractivity contribution < 1.29 is 49.0 Å². The van der Waals surface area contributed by atoms with Crippen LogP contribution in [0, 0.1) is 67.6 Å². The normalized spacial score (nSPS) is 39.0. The fourth-order valence-electron chi connectivity index (χ4n) is 8.46. The molecule has 0 aliphatic heterocycles. The summed E-state index contributed by atoms with van der Waals surface area (Å²) in [5.74, 6) is -4.49. The van der Waals surface area contributed by atoms with Crippen LogP contribution in [0.4, 0.5) is 0 Å². The largest absolute Gasteiger partial charge is 0.481 e. The van der Waals surface area contributed by atoms with Gasteiger partial charge in [0.25, 0.3) is 0 Å². The molecule has 4 fully saturated rings. The molecule has 12 atom stereocenters. The molecule has 0 amide bonds. The average Bonchev–Trinajstić information content (AvgIpc) is 2.99. The summed E-state index contributed by atoms with van der Waals surface area (Å²) < 4.78 is 5.82. The van der Waals surface area contributed by atoms with E-state index >= 15 is 0 Å². The summed E-state index contributed by atoms with van der Waals surface area (Å²) in [5, 5.41) is 41.7. The van der Waals surface area contributed by atoms with Gasteiger partial charge in [0.2, 0.25) is 12.1 Å². The van der Waals surface area contributed by atoms with Crippen molar-refractivity contribution in [2.45, 2.75) is 122 Å². The number of hydrogen-bond donors (Lipinski definition) is 2. The predicted octanol–water partition coefficient (Wildman–Crippen LogP) is 4.77. The molecule has 2 N–H and O–H groups in total. The minimum atomic E-state index is -1.11. The molecule has 0 bridgehead atoms. The van der Waals surface area contributed by atoms with E-state index in [1.807, 2.05) is 6.92 Å². The van der Waals surface area contributed by atoms with Gasteiger partial charge in [-0.3, -0.25) is 34.6 Å². The lowest BCUT2D eigenvalue weighted by Crippen LogP contribution is -2.43. The predicted molar refractivity (Wildman–Crippen MR) is 157 cm³/mol. The van der Waals surface area contributed by atoms with Crippen LogP contribution in [-0.4, -0.2) is 68.9 Å². The van der Waals surface area contributed by atoms with E-state index in [1.165, 1.54) is 0 Å². The summed E-state index contributed by atoms with van der Waals surface area (Å²) in [6.45, 7) is 4.18. The fraction of sp³-hybridized carbons (Fsp3) is 0.903. The number of carboxylic acid groups (broad SMARTS) is 2. The molecule has 0 radical (unpaired) electrons. The van der Waals surface area contributed by atoms with Gasteiger partial charge in [-0.2, -0.15) is 0 Å². The zero-order valence-corrected chi connectivity index (χ0v) is 26.2. The molecule has 14 heteroatoms. The number of ether oxygens (including phenoxy) is 1. The maximum Gasteiger partial charge on any atom is 0.310 e. The Morgan fingerprint density at radius 1 is 0.689 bits per heavy atom. The molecule has 4 rings (SSSR count). The van der Waals surface area contributed by atoms with Crippen molar-refractivity contribution in [3.63, 3.8) is 0 Å². The third-order valence-electron chi connectivity index (χ3n) is 11.1. The molecule has 14 nitrogen and oxygen atoms in total. The van der Waals surface area contributed by atoms with Gasteiger partial charge < -0.3 is 14.9 Å². The molecule has 0 spiro atoms. The second-order valence-corrected chi connectivity index (χ2v) is 14.2. The molecule has 0 saturated heterocycles. The van der Waals surface area contributed by atoms with Crippen LogP contribution in [0.5, 0.6) is 0 Å². The van der Waals surface area contributed by atoms with Crippen LogP contribution in [0.3, 0.4) is 0 Å². The molecule has 4 aliphatic carbocycles. The summed E-state index contributed by atoms with van der Waals surface area (Å²) in [4.78, 5) is 69.4. The highest BCUT2D eigenvalue weighted by atomic mass is 17.2. The van der Waals surface area contributed by atoms with Crippen molar-refractivity contribution >= 4 is 17.9 Å². The zero-order chi connectivity index (χ0) is 32.8. The van der Waals surface area contributed by atoms with Crippen LogP contribution < -0.4 is 0 Å². The zero-order valence-electron chi connectivity index (χ0n) is 26.2. The number of carbonyl (C=O) groups is 3. The number of hydrogen-bond acceptors (Lipinski definition) is 10. The molecule has 4 saturated carbocycles. The van der Waals surface area contributed by atoms with E-state index in [-0.39, 0.29) is 74.1 Å². The first-order valence-electron chi connectivity index (χ1n) is 16.5. The van der Waals surface area contributed by atoms with Gasteiger partial charge in [0.15, 0.2) is 0 Å². The van der Waals surface area contributed by atoms with Gasteiger partial charge in [-0.25, -0.2) is 9.78 Å². The Bertz CT molecular complexity index is 1090. The van der Waals surface area contributed by atoms with E-state index in [1.54, 1.807) is 0 Å². The van der Waals surface area contributed by atoms with Gasteiger partial charge in [0, 0.05) is 41.4 Å². The molecule has 254 valence electrons. The van der Waals surface area contributed by atoms with Crippen LogP contribution in [0.15, 0.2) is 0 Å². The van der Waals surface area contributed by atoms with Crippen molar-refractivity contribution in [1.29, 1.82) is 0 Å². The lowest BCUT2D eigenvalue weighted by molar-refractivity contribution is -0.529. The number of carbonyl (C=O) groups excluding carboxylic acids is 1. The molecule has 4 aliphatic rings. The molecule has 0 aromatic carbocycles. The third-order valence-corrected chi connectivity index (χ3v) is 11.1. The highest BCUT2D eigenvalue weighted by molar-refractivity contribution is 5.81. The van der Waals surface area contributed by atoms with E-state index in [0.29, 0.717) is 18.3 Å². The summed E-state index contributed by atoms with van der Waals surface area (Å²) >= 11 is 0. The van der Waals surface area contributed by atoms with Crippen LogP contribution in [-0.2, 0) is 28.9 Å². The monoisotopic (exact) mass is 640 g/mol. The summed E-state index contributed by atoms with van der Waals surface area (Å²) in [6, 6.07) is -1.68. The van der Waals surface area contributed by atoms with Crippen molar-refractivity contribution in [3.8, 4) is 0 Å². The number of aliphatic carboxylic acids is 2. The Kier molecular flexibility index (Phi) is 12.1. The van der Waals surface area contributed by atoms with Gasteiger partial charge in [-0.15, -0.1) is 0 Å². The van der Waals surface area contributed by atoms with Crippen LogP contribution in [0.1, 0.15) is 97.3 Å². The summed E-state index contributed by atoms with van der Waals surface area (Å²) in [7, 11) is 0. The Morgan fingerprint density at radius 2 is 1.22 bits per heavy atom. The SMILES string of the molecule is CC1CC(CC2CCC(OC(=O)C3CC([N+](=O)[O-])CCC3C(=O)O)C(C)C2)CCC1OOCC1CC([N+](=O)[O-])CCC1C(=O)O. The number of esters is 1. The highest BCUT2D eigenvalue weighted by Crippen LogP contribution is 2.41. The second-order valence-electron chi connectivity index (χ2n) is 14.2. The molecule has 0 aromatic heterocycles. The fourth-order valence-corrected chi connectivity index (χ4v) is 8.46. The lowest BCUT2D eigenvalue weighted by atomic mass is 9.71. The first-order chi connectivity index (χ1) is 21.3. The van der Waals surface area contributed by atoms with Gasteiger partial charge >= 0.3 is 17.9 Å². The average molecular weight is 641 g/mol. The van der Waals surface area contributed by atoms with Crippen LogP contribution in [0.2, 0.25) is 0 Å². The molecule has 45 heavy (non-hydrogen) atoms. The molecule has 0 aromatic rings. The molecular formula is C31H48N2O12. The van der Waals surface area contributed by atoms with Gasteiger partial charge in [-0.1, -0.05) is 13.8 Å². The minimum absolute atomic E-state index is 0.0215. The van der Waals surface area contributed by atoms with E-state index < -0.39 is 58.6 Å². The van der Waals surface area contributed by atoms with Gasteiger partial charge in [0.1, 0.15) is 6.10 Å². The van der Waals surface area contributed by atoms with Crippen LogP contribution >= 0.6 is 0 Å². The minimum Gasteiger partial charge on any atom is -0.481 e. The maximum absolute atomic E-state index is 13.0. The van der Waals surface area contributed by atoms with Gasteiger partial charge in [-0.05, 0) is 81.5 Å². The Labute approximate surface area is 262 Å². The molecule has 12 unspecified atom stereocenters. The number of nitrogens with zero attached hydrogens (tertiary/aromatic N) is 2. The number of rotatable bonds is 12. The van der Waals surface area contributed by atoms with Gasteiger partial charge in [0.05, 0.1) is 30.5 Å². The van der Waals surface area contributed by atoms with Crippen molar-refractivity contribution in [2.24, 2.45) is 47.3 Å². The maximum atomic E-state index is 13.0. The van der Waals surface area contributed by atoms with E-state index in [0.717, 1.165) is 38.5 Å². The number of carboxylic acids is 2. The Hall–Kier alpha value is -2.87. The van der Waals surface area contributed by atoms with E-state index in [4.69, 9.17) is 14.5 Å².